The van der Waals surface area contributed by atoms with Gasteiger partial charge in [-0.3, -0.25) is 4.79 Å². The molecule has 0 bridgehead atoms. The highest BCUT2D eigenvalue weighted by Gasteiger charge is 2.31. The van der Waals surface area contributed by atoms with Crippen molar-refractivity contribution >= 4 is 39.8 Å². The number of halogens is 1. The van der Waals surface area contributed by atoms with Crippen LogP contribution < -0.4 is 4.74 Å². The van der Waals surface area contributed by atoms with Gasteiger partial charge in [0.05, 0.1) is 18.4 Å². The number of thiazole rings is 1. The Bertz CT molecular complexity index is 1120. The molecule has 0 atom stereocenters. The van der Waals surface area contributed by atoms with Gasteiger partial charge in [-0.2, -0.15) is 5.10 Å². The summed E-state index contributed by atoms with van der Waals surface area (Å²) in [4.78, 5) is 37.2. The average Bonchev–Trinajstić information content (AvgIpc) is 3.38. The molecular formula is C19H21ClN6O4S. The predicted octanol–water partition coefficient (Wildman–Crippen LogP) is 3.12. The van der Waals surface area contributed by atoms with E-state index in [1.54, 1.807) is 29.6 Å². The van der Waals surface area contributed by atoms with Gasteiger partial charge < -0.3 is 19.6 Å². The number of nitrogens with zero attached hydrogens (tertiary/aromatic N) is 6. The Morgan fingerprint density at radius 2 is 2.10 bits per heavy atom. The Balaban J connectivity index is 1.65. The summed E-state index contributed by atoms with van der Waals surface area (Å²) in [6, 6.07) is -0.128. The van der Waals surface area contributed by atoms with Gasteiger partial charge in [0.2, 0.25) is 0 Å². The van der Waals surface area contributed by atoms with Gasteiger partial charge in [-0.05, 0) is 19.8 Å². The summed E-state index contributed by atoms with van der Waals surface area (Å²) in [5, 5.41) is 15.4. The van der Waals surface area contributed by atoms with Gasteiger partial charge in [0.15, 0.2) is 22.4 Å². The summed E-state index contributed by atoms with van der Waals surface area (Å²) in [7, 11) is 1.55. The lowest BCUT2D eigenvalue weighted by Gasteiger charge is -2.35. The minimum absolute atomic E-state index is 0.0617. The van der Waals surface area contributed by atoms with E-state index in [0.717, 1.165) is 4.83 Å². The molecule has 0 unspecified atom stereocenters. The normalized spacial score (nSPS) is 14.7. The van der Waals surface area contributed by atoms with Crippen LogP contribution in [0.25, 0.3) is 16.2 Å². The first-order valence-electron chi connectivity index (χ1n) is 9.77. The smallest absolute Gasteiger partial charge is 0.407 e. The summed E-state index contributed by atoms with van der Waals surface area (Å²) in [5.41, 5.74) is 0.772. The molecular weight excluding hydrogens is 444 g/mol. The molecule has 1 N–H and O–H groups in total. The maximum atomic E-state index is 13.3. The van der Waals surface area contributed by atoms with Crippen molar-refractivity contribution in [2.24, 2.45) is 0 Å². The molecule has 10 nitrogen and oxygen atoms in total. The Morgan fingerprint density at radius 1 is 1.35 bits per heavy atom. The van der Waals surface area contributed by atoms with Gasteiger partial charge in [-0.15, -0.1) is 11.3 Å². The fourth-order valence-corrected chi connectivity index (χ4v) is 4.62. The topological polar surface area (TPSA) is 113 Å². The lowest BCUT2D eigenvalue weighted by atomic mass is 10.0. The molecule has 12 heteroatoms. The maximum absolute atomic E-state index is 13.3. The molecule has 3 aromatic rings. The zero-order chi connectivity index (χ0) is 22.1. The van der Waals surface area contributed by atoms with Crippen LogP contribution in [0, 0.1) is 0 Å². The average molecular weight is 465 g/mol. The number of hydrogen-bond acceptors (Lipinski definition) is 7. The molecule has 0 aromatic carbocycles. The number of aromatic nitrogens is 4. The quantitative estimate of drug-likeness (QED) is 0.577. The Kier molecular flexibility index (Phi) is 5.96. The van der Waals surface area contributed by atoms with Crippen LogP contribution >= 0.6 is 22.9 Å². The van der Waals surface area contributed by atoms with E-state index < -0.39 is 6.09 Å². The second kappa shape index (κ2) is 8.67. The second-order valence-electron chi connectivity index (χ2n) is 7.08. The van der Waals surface area contributed by atoms with Gasteiger partial charge in [0, 0.05) is 37.8 Å². The molecule has 164 valence electrons. The monoisotopic (exact) mass is 464 g/mol. The molecule has 0 spiro atoms. The summed E-state index contributed by atoms with van der Waals surface area (Å²) in [6.45, 7) is 2.91. The standard InChI is InChI=1S/C19H21ClN6O4S/c1-3-30-14-13(17(27)25-6-4-11(5-7-25)24(2)19(28)29)22-16(23-15(14)20)12-10-21-26-8-9-31-18(12)26/h8-11H,3-7H2,1-2H3,(H,28,29). The van der Waals surface area contributed by atoms with Crippen molar-refractivity contribution in [3.8, 4) is 17.1 Å². The van der Waals surface area contributed by atoms with E-state index in [0.29, 0.717) is 43.9 Å². The van der Waals surface area contributed by atoms with Crippen LogP contribution in [0.2, 0.25) is 5.15 Å². The van der Waals surface area contributed by atoms with Crippen molar-refractivity contribution in [2.45, 2.75) is 25.8 Å². The number of piperidine rings is 1. The van der Waals surface area contributed by atoms with Crippen molar-refractivity contribution in [1.82, 2.24) is 29.4 Å². The van der Waals surface area contributed by atoms with Gasteiger partial charge in [-0.1, -0.05) is 11.6 Å². The summed E-state index contributed by atoms with van der Waals surface area (Å²) < 4.78 is 7.31. The van der Waals surface area contributed by atoms with Crippen LogP contribution in [0.1, 0.15) is 30.3 Å². The van der Waals surface area contributed by atoms with Crippen LogP contribution in [0.5, 0.6) is 5.75 Å². The third-order valence-electron chi connectivity index (χ3n) is 5.29. The fraction of sp³-hybridized carbons (Fsp3) is 0.421. The van der Waals surface area contributed by atoms with Crippen LogP contribution in [0.15, 0.2) is 17.8 Å². The molecule has 1 fully saturated rings. The number of amides is 2. The van der Waals surface area contributed by atoms with E-state index in [-0.39, 0.29) is 28.5 Å². The number of rotatable bonds is 5. The highest BCUT2D eigenvalue weighted by atomic mass is 35.5. The van der Waals surface area contributed by atoms with Crippen molar-refractivity contribution < 1.29 is 19.4 Å². The van der Waals surface area contributed by atoms with E-state index in [4.69, 9.17) is 16.3 Å². The molecule has 1 saturated heterocycles. The van der Waals surface area contributed by atoms with E-state index in [1.807, 2.05) is 11.6 Å². The van der Waals surface area contributed by atoms with Crippen LogP contribution in [-0.4, -0.2) is 79.3 Å². The minimum Gasteiger partial charge on any atom is -0.488 e. The molecule has 1 aliphatic heterocycles. The van der Waals surface area contributed by atoms with E-state index >= 15 is 0 Å². The summed E-state index contributed by atoms with van der Waals surface area (Å²) in [5.74, 6) is 0.132. The van der Waals surface area contributed by atoms with Crippen LogP contribution in [-0.2, 0) is 0 Å². The summed E-state index contributed by atoms with van der Waals surface area (Å²) in [6.07, 6.45) is 3.58. The van der Waals surface area contributed by atoms with Gasteiger partial charge in [0.1, 0.15) is 4.83 Å². The molecule has 0 radical (unpaired) electrons. The van der Waals surface area contributed by atoms with E-state index in [1.165, 1.54) is 16.2 Å². The largest absolute Gasteiger partial charge is 0.488 e. The SMILES string of the molecule is CCOc1c(Cl)nc(-c2cnn3ccsc23)nc1C(=O)N1CCC(N(C)C(=O)O)CC1. The highest BCUT2D eigenvalue weighted by molar-refractivity contribution is 7.16. The van der Waals surface area contributed by atoms with Crippen molar-refractivity contribution in [3.63, 3.8) is 0 Å². The number of ether oxygens (including phenoxy) is 1. The number of carbonyl (C=O) groups excluding carboxylic acids is 1. The molecule has 4 heterocycles. The Labute approximate surface area is 187 Å². The van der Waals surface area contributed by atoms with Gasteiger partial charge >= 0.3 is 6.09 Å². The predicted molar refractivity (Wildman–Crippen MR) is 115 cm³/mol. The van der Waals surface area contributed by atoms with Crippen molar-refractivity contribution in [2.75, 3.05) is 26.7 Å². The zero-order valence-corrected chi connectivity index (χ0v) is 18.6. The lowest BCUT2D eigenvalue weighted by molar-refractivity contribution is 0.0634. The summed E-state index contributed by atoms with van der Waals surface area (Å²) >= 11 is 7.88. The number of hydrogen-bond donors (Lipinski definition) is 1. The third-order valence-corrected chi connectivity index (χ3v) is 6.43. The lowest BCUT2D eigenvalue weighted by Crippen LogP contribution is -2.47. The first-order valence-corrected chi connectivity index (χ1v) is 11.0. The highest BCUT2D eigenvalue weighted by Crippen LogP contribution is 2.33. The van der Waals surface area contributed by atoms with E-state index in [9.17, 15) is 14.7 Å². The Morgan fingerprint density at radius 3 is 2.77 bits per heavy atom. The van der Waals surface area contributed by atoms with Gasteiger partial charge in [0.25, 0.3) is 5.91 Å². The molecule has 1 aliphatic rings. The Hall–Kier alpha value is -2.92. The molecule has 0 saturated carbocycles. The van der Waals surface area contributed by atoms with Crippen molar-refractivity contribution in [3.05, 3.63) is 28.6 Å². The molecule has 31 heavy (non-hydrogen) atoms. The first-order chi connectivity index (χ1) is 14.9. The number of carbonyl (C=O) groups is 2. The fourth-order valence-electron chi connectivity index (χ4n) is 3.60. The van der Waals surface area contributed by atoms with Gasteiger partial charge in [-0.25, -0.2) is 19.3 Å². The van der Waals surface area contributed by atoms with Crippen molar-refractivity contribution in [1.29, 1.82) is 0 Å². The number of likely N-dealkylation sites (tertiary alicyclic amines) is 1. The minimum atomic E-state index is -0.975. The molecule has 4 rings (SSSR count). The zero-order valence-electron chi connectivity index (χ0n) is 17.0. The first kappa shape index (κ1) is 21.3. The number of fused-ring (bicyclic) bond motifs is 1. The van der Waals surface area contributed by atoms with Crippen LogP contribution in [0.3, 0.4) is 0 Å². The van der Waals surface area contributed by atoms with E-state index in [2.05, 4.69) is 15.1 Å². The number of carboxylic acid groups (broad SMARTS) is 1. The molecule has 3 aromatic heterocycles. The third kappa shape index (κ3) is 4.02. The maximum Gasteiger partial charge on any atom is 0.407 e. The van der Waals surface area contributed by atoms with Crippen LogP contribution in [0.4, 0.5) is 4.79 Å². The second-order valence-corrected chi connectivity index (χ2v) is 8.33. The molecule has 2 amide bonds. The molecule has 0 aliphatic carbocycles.